The SMILES string of the molecule is CC1(C)c2ccccc2-c2ccc(-c3cccc(-c4ccc5ccc6ccc(-c7ccc(-c8nc9ccccc9nc8-c8cccnc8)cc7)nc6c5n4)c3)cc21. The molecule has 4 heterocycles. The summed E-state index contributed by atoms with van der Waals surface area (Å²) >= 11 is 0. The Balaban J connectivity index is 0.950. The maximum absolute atomic E-state index is 5.29. The van der Waals surface area contributed by atoms with Gasteiger partial charge in [-0.25, -0.2) is 19.9 Å². The molecule has 0 unspecified atom stereocenters. The zero-order valence-corrected chi connectivity index (χ0v) is 31.5. The Morgan fingerprint density at radius 3 is 1.67 bits per heavy atom. The average Bonchev–Trinajstić information content (AvgIpc) is 3.51. The van der Waals surface area contributed by atoms with E-state index in [0.717, 1.165) is 77.9 Å². The van der Waals surface area contributed by atoms with Gasteiger partial charge in [0.15, 0.2) is 0 Å². The number of fused-ring (bicyclic) bond motifs is 7. The van der Waals surface area contributed by atoms with Crippen molar-refractivity contribution in [1.29, 1.82) is 0 Å². The van der Waals surface area contributed by atoms with Crippen molar-refractivity contribution in [2.45, 2.75) is 19.3 Å². The topological polar surface area (TPSA) is 64.5 Å². The van der Waals surface area contributed by atoms with Gasteiger partial charge in [0.25, 0.3) is 0 Å². The summed E-state index contributed by atoms with van der Waals surface area (Å²) in [5.41, 5.74) is 18.6. The van der Waals surface area contributed by atoms with Crippen LogP contribution in [0.15, 0.2) is 176 Å². The molecule has 0 amide bonds. The van der Waals surface area contributed by atoms with Gasteiger partial charge < -0.3 is 0 Å². The van der Waals surface area contributed by atoms with Crippen LogP contribution in [-0.4, -0.2) is 24.9 Å². The van der Waals surface area contributed by atoms with Gasteiger partial charge in [0.2, 0.25) is 0 Å². The molecule has 0 radical (unpaired) electrons. The third-order valence-corrected chi connectivity index (χ3v) is 11.6. The molecule has 4 aromatic heterocycles. The van der Waals surface area contributed by atoms with E-state index in [9.17, 15) is 0 Å². The van der Waals surface area contributed by atoms with Gasteiger partial charge in [-0.15, -0.1) is 0 Å². The number of para-hydroxylation sites is 2. The van der Waals surface area contributed by atoms with Crippen molar-refractivity contribution >= 4 is 32.8 Å². The van der Waals surface area contributed by atoms with Crippen molar-refractivity contribution in [3.63, 3.8) is 0 Å². The molecule has 0 bridgehead atoms. The molecular weight excluding hydrogens is 695 g/mol. The van der Waals surface area contributed by atoms with Crippen molar-refractivity contribution in [2.75, 3.05) is 0 Å². The highest BCUT2D eigenvalue weighted by Crippen LogP contribution is 2.49. The van der Waals surface area contributed by atoms with Gasteiger partial charge in [0, 0.05) is 50.8 Å². The smallest absolute Gasteiger partial charge is 0.0988 e. The zero-order chi connectivity index (χ0) is 38.1. The number of rotatable bonds is 5. The molecule has 5 nitrogen and oxygen atoms in total. The summed E-state index contributed by atoms with van der Waals surface area (Å²) in [5, 5.41) is 2.11. The number of nitrogens with zero attached hydrogens (tertiary/aromatic N) is 5. The first-order valence-electron chi connectivity index (χ1n) is 19.3. The third-order valence-electron chi connectivity index (χ3n) is 11.6. The highest BCUT2D eigenvalue weighted by molar-refractivity contribution is 6.04. The molecule has 1 aliphatic rings. The second-order valence-electron chi connectivity index (χ2n) is 15.3. The van der Waals surface area contributed by atoms with Gasteiger partial charge in [0.1, 0.15) is 0 Å². The molecule has 57 heavy (non-hydrogen) atoms. The van der Waals surface area contributed by atoms with E-state index in [2.05, 4.69) is 146 Å². The van der Waals surface area contributed by atoms with Crippen LogP contribution in [0.2, 0.25) is 0 Å². The van der Waals surface area contributed by atoms with Crippen LogP contribution in [0.5, 0.6) is 0 Å². The summed E-state index contributed by atoms with van der Waals surface area (Å²) in [4.78, 5) is 25.0. The third kappa shape index (κ3) is 5.50. The summed E-state index contributed by atoms with van der Waals surface area (Å²) in [6.45, 7) is 4.66. The lowest BCUT2D eigenvalue weighted by Crippen LogP contribution is -2.14. The molecule has 0 aliphatic heterocycles. The molecule has 0 N–H and O–H groups in total. The van der Waals surface area contributed by atoms with Gasteiger partial charge in [-0.1, -0.05) is 129 Å². The Labute approximate surface area is 330 Å². The molecule has 1 aliphatic carbocycles. The van der Waals surface area contributed by atoms with Gasteiger partial charge in [-0.2, -0.15) is 0 Å². The Hall–Kier alpha value is -7.37. The summed E-state index contributed by atoms with van der Waals surface area (Å²) in [6.07, 6.45) is 3.61. The van der Waals surface area contributed by atoms with E-state index in [1.165, 1.54) is 33.4 Å². The molecule has 6 aromatic carbocycles. The number of benzene rings is 6. The molecule has 0 saturated carbocycles. The largest absolute Gasteiger partial charge is 0.264 e. The Morgan fingerprint density at radius 2 is 0.947 bits per heavy atom. The standard InChI is InChI=1S/C52H35N5/c1-52(2)42-13-4-3-12-40(42)41-25-22-37(30-43(41)52)36-9-7-10-38(29-36)45-27-24-35-21-20-34-23-26-44(54-48(34)49(35)55-45)32-16-18-33(19-17-32)50-51(39-11-8-28-53-31-39)57-47-15-6-5-14-46(47)56-50/h3-31H,1-2H3. The van der Waals surface area contributed by atoms with Crippen molar-refractivity contribution in [3.8, 4) is 67.3 Å². The molecule has 0 fully saturated rings. The first kappa shape index (κ1) is 33.0. The van der Waals surface area contributed by atoms with Gasteiger partial charge in [-0.05, 0) is 81.9 Å². The molecule has 10 aromatic rings. The lowest BCUT2D eigenvalue weighted by molar-refractivity contribution is 0.660. The Bertz CT molecular complexity index is 3210. The van der Waals surface area contributed by atoms with E-state index in [1.807, 2.05) is 42.6 Å². The van der Waals surface area contributed by atoms with Crippen molar-refractivity contribution in [3.05, 3.63) is 187 Å². The summed E-state index contributed by atoms with van der Waals surface area (Å²) < 4.78 is 0. The average molecular weight is 730 g/mol. The number of hydrogen-bond acceptors (Lipinski definition) is 5. The van der Waals surface area contributed by atoms with E-state index >= 15 is 0 Å². The quantitative estimate of drug-likeness (QED) is 0.165. The van der Waals surface area contributed by atoms with Crippen molar-refractivity contribution < 1.29 is 0 Å². The minimum atomic E-state index is -0.0515. The molecule has 0 saturated heterocycles. The second-order valence-corrected chi connectivity index (χ2v) is 15.3. The molecule has 0 atom stereocenters. The highest BCUT2D eigenvalue weighted by atomic mass is 14.8. The zero-order valence-electron chi connectivity index (χ0n) is 31.5. The van der Waals surface area contributed by atoms with Gasteiger partial charge in [-0.3, -0.25) is 4.98 Å². The highest BCUT2D eigenvalue weighted by Gasteiger charge is 2.35. The lowest BCUT2D eigenvalue weighted by Gasteiger charge is -2.22. The van der Waals surface area contributed by atoms with E-state index in [1.54, 1.807) is 6.20 Å². The van der Waals surface area contributed by atoms with Crippen LogP contribution in [0.3, 0.4) is 0 Å². The van der Waals surface area contributed by atoms with Crippen LogP contribution >= 0.6 is 0 Å². The number of aromatic nitrogens is 5. The predicted octanol–water partition coefficient (Wildman–Crippen LogP) is 12.8. The number of pyridine rings is 3. The van der Waals surface area contributed by atoms with Crippen LogP contribution < -0.4 is 0 Å². The van der Waals surface area contributed by atoms with Crippen molar-refractivity contribution in [1.82, 2.24) is 24.9 Å². The van der Waals surface area contributed by atoms with Crippen LogP contribution in [0.4, 0.5) is 0 Å². The summed E-state index contributed by atoms with van der Waals surface area (Å²) in [6, 6.07) is 57.6. The first-order chi connectivity index (χ1) is 28.0. The minimum absolute atomic E-state index is 0.0515. The van der Waals surface area contributed by atoms with E-state index in [4.69, 9.17) is 19.9 Å². The monoisotopic (exact) mass is 729 g/mol. The normalized spacial score (nSPS) is 12.9. The molecule has 268 valence electrons. The van der Waals surface area contributed by atoms with Crippen LogP contribution in [-0.2, 0) is 5.41 Å². The fourth-order valence-corrected chi connectivity index (χ4v) is 8.54. The summed E-state index contributed by atoms with van der Waals surface area (Å²) in [5.74, 6) is 0. The lowest BCUT2D eigenvalue weighted by atomic mass is 9.81. The minimum Gasteiger partial charge on any atom is -0.264 e. The van der Waals surface area contributed by atoms with Crippen molar-refractivity contribution in [2.24, 2.45) is 0 Å². The first-order valence-corrected chi connectivity index (χ1v) is 19.3. The fraction of sp³-hybridized carbons (Fsp3) is 0.0577. The van der Waals surface area contributed by atoms with E-state index in [0.29, 0.717) is 0 Å². The molecule has 11 rings (SSSR count). The fourth-order valence-electron chi connectivity index (χ4n) is 8.54. The Morgan fingerprint density at radius 1 is 0.386 bits per heavy atom. The number of hydrogen-bond donors (Lipinski definition) is 0. The van der Waals surface area contributed by atoms with E-state index in [-0.39, 0.29) is 5.41 Å². The van der Waals surface area contributed by atoms with Gasteiger partial charge in [0.05, 0.1) is 44.8 Å². The maximum Gasteiger partial charge on any atom is 0.0988 e. The molecular formula is C52H35N5. The van der Waals surface area contributed by atoms with Crippen LogP contribution in [0.25, 0.3) is 100 Å². The molecule has 5 heteroatoms. The van der Waals surface area contributed by atoms with E-state index < -0.39 is 0 Å². The summed E-state index contributed by atoms with van der Waals surface area (Å²) in [7, 11) is 0. The Kier molecular flexibility index (Phi) is 7.45. The molecule has 0 spiro atoms. The predicted molar refractivity (Wildman–Crippen MR) is 233 cm³/mol. The second kappa shape index (κ2) is 12.9. The van der Waals surface area contributed by atoms with Crippen LogP contribution in [0, 0.1) is 0 Å². The van der Waals surface area contributed by atoms with Gasteiger partial charge >= 0.3 is 0 Å². The van der Waals surface area contributed by atoms with Crippen LogP contribution in [0.1, 0.15) is 25.0 Å². The maximum atomic E-state index is 5.29.